The second-order valence-corrected chi connectivity index (χ2v) is 7.68. The van der Waals surface area contributed by atoms with Gasteiger partial charge in [0.05, 0.1) is 13.2 Å². The van der Waals surface area contributed by atoms with Crippen molar-refractivity contribution in [2.45, 2.75) is 44.8 Å². The number of benzene rings is 2. The summed E-state index contributed by atoms with van der Waals surface area (Å²) in [6.07, 6.45) is -0.764. The van der Waals surface area contributed by atoms with Gasteiger partial charge in [-0.25, -0.2) is 8.78 Å². The summed E-state index contributed by atoms with van der Waals surface area (Å²) in [6, 6.07) is 9.90. The van der Waals surface area contributed by atoms with E-state index >= 15 is 0 Å². The first-order valence-corrected chi connectivity index (χ1v) is 9.37. The molecule has 0 aliphatic heterocycles. The Balaban J connectivity index is 2.04. The van der Waals surface area contributed by atoms with E-state index in [1.54, 1.807) is 7.11 Å². The van der Waals surface area contributed by atoms with Crippen LogP contribution >= 0.6 is 0 Å². The highest BCUT2D eigenvalue weighted by Crippen LogP contribution is 2.23. The van der Waals surface area contributed by atoms with E-state index in [0.717, 1.165) is 17.4 Å². The van der Waals surface area contributed by atoms with E-state index in [4.69, 9.17) is 9.84 Å². The van der Waals surface area contributed by atoms with Crippen LogP contribution in [-0.4, -0.2) is 35.4 Å². The average molecular weight is 407 g/mol. The number of aliphatic hydroxyl groups is 1. The zero-order valence-electron chi connectivity index (χ0n) is 16.8. The molecule has 2 aromatic rings. The number of aryl methyl sites for hydroxylation is 1. The summed E-state index contributed by atoms with van der Waals surface area (Å²) in [5.41, 5.74) is 0.799. The van der Waals surface area contributed by atoms with Crippen molar-refractivity contribution in [1.82, 2.24) is 5.32 Å². The lowest BCUT2D eigenvalue weighted by molar-refractivity contribution is -0.136. The number of ether oxygens (including phenoxy) is 1. The molecule has 29 heavy (non-hydrogen) atoms. The molecule has 0 saturated carbocycles. The minimum absolute atomic E-state index is 0.0158. The van der Waals surface area contributed by atoms with Gasteiger partial charge in [0.15, 0.2) is 11.6 Å². The van der Waals surface area contributed by atoms with Crippen molar-refractivity contribution in [1.29, 1.82) is 0 Å². The van der Waals surface area contributed by atoms with Crippen LogP contribution in [0.5, 0.6) is 5.75 Å². The first kappa shape index (κ1) is 22.8. The zero-order chi connectivity index (χ0) is 21.6. The normalized spacial score (nSPS) is 12.6. The third kappa shape index (κ3) is 6.80. The van der Waals surface area contributed by atoms with Gasteiger partial charge in [-0.1, -0.05) is 12.1 Å². The van der Waals surface area contributed by atoms with Crippen LogP contribution in [0.3, 0.4) is 0 Å². The fourth-order valence-corrected chi connectivity index (χ4v) is 3.11. The number of carboxylic acids is 1. The number of carboxylic acid groups (broad SMARTS) is 1. The molecular weight excluding hydrogens is 380 g/mol. The number of aliphatic carboxylic acids is 1. The van der Waals surface area contributed by atoms with E-state index in [1.807, 2.05) is 38.1 Å². The summed E-state index contributed by atoms with van der Waals surface area (Å²) in [4.78, 5) is 10.7. The molecule has 3 N–H and O–H groups in total. The molecule has 0 aliphatic carbocycles. The van der Waals surface area contributed by atoms with E-state index in [9.17, 15) is 18.7 Å². The molecule has 0 aromatic heterocycles. The molecule has 0 spiro atoms. The lowest BCUT2D eigenvalue weighted by atomic mass is 9.94. The fraction of sp³-hybridized carbons (Fsp3) is 0.409. The number of rotatable bonds is 10. The summed E-state index contributed by atoms with van der Waals surface area (Å²) in [7, 11) is 1.60. The smallest absolute Gasteiger partial charge is 0.303 e. The topological polar surface area (TPSA) is 78.8 Å². The molecule has 0 fully saturated rings. The molecule has 5 nitrogen and oxygen atoms in total. The van der Waals surface area contributed by atoms with E-state index < -0.39 is 29.2 Å². The molecule has 0 aliphatic rings. The molecule has 1 atom stereocenters. The van der Waals surface area contributed by atoms with Gasteiger partial charge in [0.2, 0.25) is 0 Å². The number of hydrogen-bond acceptors (Lipinski definition) is 4. The summed E-state index contributed by atoms with van der Waals surface area (Å²) in [5, 5.41) is 22.4. The first-order chi connectivity index (χ1) is 13.6. The lowest BCUT2D eigenvalue weighted by Gasteiger charge is -2.28. The van der Waals surface area contributed by atoms with Crippen LogP contribution in [-0.2, 0) is 17.6 Å². The Hall–Kier alpha value is -2.51. The van der Waals surface area contributed by atoms with Crippen LogP contribution in [0.4, 0.5) is 8.78 Å². The maximum absolute atomic E-state index is 14.2. The van der Waals surface area contributed by atoms with Crippen LogP contribution in [0.25, 0.3) is 0 Å². The van der Waals surface area contributed by atoms with Gasteiger partial charge in [0.1, 0.15) is 5.75 Å². The highest BCUT2D eigenvalue weighted by atomic mass is 19.2. The SMILES string of the molecule is COc1ccc(CC(C)(C)NCC(O)c2cc(CCC(=O)O)cc(F)c2F)cc1. The van der Waals surface area contributed by atoms with Gasteiger partial charge in [0.25, 0.3) is 0 Å². The van der Waals surface area contributed by atoms with Crippen LogP contribution in [0.2, 0.25) is 0 Å². The quantitative estimate of drug-likeness (QED) is 0.561. The fourth-order valence-electron chi connectivity index (χ4n) is 3.11. The Morgan fingerprint density at radius 3 is 2.41 bits per heavy atom. The largest absolute Gasteiger partial charge is 0.497 e. The minimum atomic E-state index is -1.27. The van der Waals surface area contributed by atoms with Crippen molar-refractivity contribution < 1.29 is 28.5 Å². The molecule has 158 valence electrons. The Kier molecular flexibility index (Phi) is 7.70. The number of nitrogens with one attached hydrogen (secondary N) is 1. The first-order valence-electron chi connectivity index (χ1n) is 9.37. The molecule has 0 radical (unpaired) electrons. The highest BCUT2D eigenvalue weighted by molar-refractivity contribution is 5.67. The van der Waals surface area contributed by atoms with Crippen LogP contribution < -0.4 is 10.1 Å². The van der Waals surface area contributed by atoms with Crippen molar-refractivity contribution in [2.24, 2.45) is 0 Å². The van der Waals surface area contributed by atoms with Crippen LogP contribution in [0.1, 0.15) is 43.1 Å². The predicted octanol–water partition coefficient (Wildman–Crippen LogP) is 3.63. The monoisotopic (exact) mass is 407 g/mol. The highest BCUT2D eigenvalue weighted by Gasteiger charge is 2.23. The zero-order valence-corrected chi connectivity index (χ0v) is 16.8. The number of hydrogen-bond donors (Lipinski definition) is 3. The number of methoxy groups -OCH3 is 1. The van der Waals surface area contributed by atoms with Crippen molar-refractivity contribution >= 4 is 5.97 Å². The predicted molar refractivity (Wildman–Crippen MR) is 106 cm³/mol. The number of carbonyl (C=O) groups is 1. The molecule has 0 bridgehead atoms. The van der Waals surface area contributed by atoms with Crippen molar-refractivity contribution in [2.75, 3.05) is 13.7 Å². The Morgan fingerprint density at radius 1 is 1.17 bits per heavy atom. The van der Waals surface area contributed by atoms with Gasteiger partial charge in [-0.2, -0.15) is 0 Å². The maximum atomic E-state index is 14.2. The van der Waals surface area contributed by atoms with Gasteiger partial charge in [-0.05, 0) is 62.1 Å². The van der Waals surface area contributed by atoms with Gasteiger partial charge >= 0.3 is 5.97 Å². The van der Waals surface area contributed by atoms with Crippen LogP contribution in [0, 0.1) is 11.6 Å². The third-order valence-corrected chi connectivity index (χ3v) is 4.68. The minimum Gasteiger partial charge on any atom is -0.497 e. The van der Waals surface area contributed by atoms with Gasteiger partial charge < -0.3 is 20.3 Å². The summed E-state index contributed by atoms with van der Waals surface area (Å²) in [5.74, 6) is -2.49. The van der Waals surface area contributed by atoms with E-state index in [2.05, 4.69) is 5.32 Å². The molecular formula is C22H27F2NO4. The Bertz CT molecular complexity index is 837. The molecule has 1 unspecified atom stereocenters. The Morgan fingerprint density at radius 2 is 1.83 bits per heavy atom. The molecule has 2 aromatic carbocycles. The maximum Gasteiger partial charge on any atom is 0.303 e. The molecule has 0 saturated heterocycles. The summed E-state index contributed by atoms with van der Waals surface area (Å²) < 4.78 is 33.2. The second kappa shape index (κ2) is 9.80. The third-order valence-electron chi connectivity index (χ3n) is 4.68. The van der Waals surface area contributed by atoms with E-state index in [-0.39, 0.29) is 24.9 Å². The van der Waals surface area contributed by atoms with Crippen LogP contribution in [0.15, 0.2) is 36.4 Å². The lowest BCUT2D eigenvalue weighted by Crippen LogP contribution is -2.43. The van der Waals surface area contributed by atoms with Crippen molar-refractivity contribution in [3.63, 3.8) is 0 Å². The van der Waals surface area contributed by atoms with E-state index in [0.29, 0.717) is 12.0 Å². The standard InChI is InChI=1S/C22H27F2NO4/c1-22(2,12-14-4-7-16(29-3)8-5-14)25-13-19(26)17-10-15(6-9-20(27)28)11-18(23)21(17)24/h4-5,7-8,10-11,19,25-26H,6,9,12-13H2,1-3H3,(H,27,28). The Labute approximate surface area is 169 Å². The average Bonchev–Trinajstić information content (AvgIpc) is 2.67. The molecule has 0 amide bonds. The summed E-state index contributed by atoms with van der Waals surface area (Å²) >= 11 is 0. The molecule has 2 rings (SSSR count). The van der Waals surface area contributed by atoms with Crippen molar-refractivity contribution in [3.8, 4) is 5.75 Å². The van der Waals surface area contributed by atoms with Gasteiger partial charge in [-0.15, -0.1) is 0 Å². The van der Waals surface area contributed by atoms with Gasteiger partial charge in [0, 0.05) is 24.1 Å². The number of aliphatic hydroxyl groups excluding tert-OH is 1. The molecule has 0 heterocycles. The number of halogens is 2. The molecule has 7 heteroatoms. The van der Waals surface area contributed by atoms with E-state index in [1.165, 1.54) is 6.07 Å². The van der Waals surface area contributed by atoms with Gasteiger partial charge in [-0.3, -0.25) is 4.79 Å². The summed E-state index contributed by atoms with van der Waals surface area (Å²) in [6.45, 7) is 3.91. The van der Waals surface area contributed by atoms with Crippen molar-refractivity contribution in [3.05, 3.63) is 64.7 Å². The number of β-amino-alcohol motifs (C(OH)–C–C–N with tert-alkyl or cyclic N) is 1. The second-order valence-electron chi connectivity index (χ2n) is 7.68.